The van der Waals surface area contributed by atoms with Gasteiger partial charge in [0.25, 0.3) is 0 Å². The first kappa shape index (κ1) is 11.5. The van der Waals surface area contributed by atoms with Gasteiger partial charge in [0.2, 0.25) is 17.7 Å². The van der Waals surface area contributed by atoms with Crippen molar-refractivity contribution in [3.63, 3.8) is 0 Å². The zero-order valence-electron chi connectivity index (χ0n) is 9.05. The Morgan fingerprint density at radius 3 is 2.59 bits per heavy atom. The Kier molecular flexibility index (Phi) is 3.30. The fraction of sp³-hybridized carbons (Fsp3) is 0.0909. The van der Waals surface area contributed by atoms with E-state index < -0.39 is 0 Å². The molecule has 1 heterocycles. The molecule has 0 amide bonds. The van der Waals surface area contributed by atoms with E-state index in [-0.39, 0.29) is 11.8 Å². The summed E-state index contributed by atoms with van der Waals surface area (Å²) < 4.78 is 10.4. The molecule has 0 aliphatic carbocycles. The monoisotopic (exact) mass is 251 g/mol. The molecule has 2 N–H and O–H groups in total. The molecule has 88 valence electrons. The Morgan fingerprint density at radius 2 is 1.88 bits per heavy atom. The van der Waals surface area contributed by atoms with Crippen LogP contribution in [0.2, 0.25) is 5.02 Å². The fourth-order valence-corrected chi connectivity index (χ4v) is 1.39. The molecule has 0 bridgehead atoms. The summed E-state index contributed by atoms with van der Waals surface area (Å²) in [7, 11) is 1.49. The van der Waals surface area contributed by atoms with Crippen molar-refractivity contribution in [1.82, 2.24) is 9.97 Å². The van der Waals surface area contributed by atoms with Crippen LogP contribution in [0.4, 0.5) is 5.95 Å². The fourth-order valence-electron chi connectivity index (χ4n) is 1.22. The number of nitrogens with two attached hydrogens (primary N) is 1. The van der Waals surface area contributed by atoms with Crippen molar-refractivity contribution in [2.75, 3.05) is 12.8 Å². The number of anilines is 1. The smallest absolute Gasteiger partial charge is 0.227 e. The second-order valence-electron chi connectivity index (χ2n) is 3.14. The summed E-state index contributed by atoms with van der Waals surface area (Å²) in [4.78, 5) is 7.77. The van der Waals surface area contributed by atoms with E-state index in [1.165, 1.54) is 13.2 Å². The van der Waals surface area contributed by atoms with Gasteiger partial charge in [-0.25, -0.2) is 0 Å². The molecule has 0 spiro atoms. The highest BCUT2D eigenvalue weighted by molar-refractivity contribution is 6.32. The average molecular weight is 252 g/mol. The highest BCUT2D eigenvalue weighted by Gasteiger charge is 2.06. The summed E-state index contributed by atoms with van der Waals surface area (Å²) in [5.41, 5.74) is 5.51. The summed E-state index contributed by atoms with van der Waals surface area (Å²) in [5, 5.41) is 0.489. The maximum atomic E-state index is 5.96. The normalized spacial score (nSPS) is 10.0. The van der Waals surface area contributed by atoms with E-state index in [2.05, 4.69) is 9.97 Å². The summed E-state index contributed by atoms with van der Waals surface area (Å²) >= 11 is 5.96. The molecule has 17 heavy (non-hydrogen) atoms. The standard InChI is InChI=1S/C11H10ClN3O2/c1-16-9-6-10(15-11(13)14-9)17-8-5-3-2-4-7(8)12/h2-6H,1H3,(H2,13,14,15). The van der Waals surface area contributed by atoms with E-state index in [0.29, 0.717) is 16.7 Å². The summed E-state index contributed by atoms with van der Waals surface area (Å²) in [6.07, 6.45) is 0. The molecule has 2 aromatic rings. The van der Waals surface area contributed by atoms with Gasteiger partial charge in [0.15, 0.2) is 0 Å². The lowest BCUT2D eigenvalue weighted by atomic mass is 10.3. The second-order valence-corrected chi connectivity index (χ2v) is 3.55. The van der Waals surface area contributed by atoms with Crippen molar-refractivity contribution in [3.8, 4) is 17.5 Å². The Bertz CT molecular complexity index is 534. The average Bonchev–Trinajstić information content (AvgIpc) is 2.31. The number of ether oxygens (including phenoxy) is 2. The number of benzene rings is 1. The van der Waals surface area contributed by atoms with Crippen molar-refractivity contribution in [2.24, 2.45) is 0 Å². The third kappa shape index (κ3) is 2.76. The van der Waals surface area contributed by atoms with E-state index in [9.17, 15) is 0 Å². The second kappa shape index (κ2) is 4.88. The van der Waals surface area contributed by atoms with E-state index in [1.807, 2.05) is 12.1 Å². The molecule has 1 aromatic carbocycles. The van der Waals surface area contributed by atoms with Crippen LogP contribution in [0.3, 0.4) is 0 Å². The van der Waals surface area contributed by atoms with Gasteiger partial charge in [-0.1, -0.05) is 23.7 Å². The Hall–Kier alpha value is -2.01. The largest absolute Gasteiger partial charge is 0.481 e. The lowest BCUT2D eigenvalue weighted by Crippen LogP contribution is -1.99. The van der Waals surface area contributed by atoms with Crippen molar-refractivity contribution in [3.05, 3.63) is 35.4 Å². The zero-order chi connectivity index (χ0) is 12.3. The number of halogens is 1. The lowest BCUT2D eigenvalue weighted by molar-refractivity contribution is 0.389. The molecular formula is C11H10ClN3O2. The first-order valence-electron chi connectivity index (χ1n) is 4.80. The molecule has 0 aliphatic rings. The van der Waals surface area contributed by atoms with Gasteiger partial charge in [-0.15, -0.1) is 0 Å². The predicted octanol–water partition coefficient (Wildman–Crippen LogP) is 2.51. The number of aromatic nitrogens is 2. The van der Waals surface area contributed by atoms with Gasteiger partial charge in [0.05, 0.1) is 18.2 Å². The molecule has 0 saturated heterocycles. The predicted molar refractivity (Wildman–Crippen MR) is 64.5 cm³/mol. The number of hydrogen-bond acceptors (Lipinski definition) is 5. The number of nitrogens with zero attached hydrogens (tertiary/aromatic N) is 2. The first-order chi connectivity index (χ1) is 8.19. The third-order valence-electron chi connectivity index (χ3n) is 1.96. The highest BCUT2D eigenvalue weighted by atomic mass is 35.5. The number of hydrogen-bond donors (Lipinski definition) is 1. The molecule has 6 heteroatoms. The minimum absolute atomic E-state index is 0.0754. The van der Waals surface area contributed by atoms with E-state index in [4.69, 9.17) is 26.8 Å². The van der Waals surface area contributed by atoms with Gasteiger partial charge in [-0.3, -0.25) is 0 Å². The molecule has 0 atom stereocenters. The highest BCUT2D eigenvalue weighted by Crippen LogP contribution is 2.29. The molecule has 1 aromatic heterocycles. The van der Waals surface area contributed by atoms with Crippen LogP contribution in [0, 0.1) is 0 Å². The van der Waals surface area contributed by atoms with Crippen molar-refractivity contribution < 1.29 is 9.47 Å². The molecule has 0 unspecified atom stereocenters. The summed E-state index contributed by atoms with van der Waals surface area (Å²) in [6, 6.07) is 8.60. The Morgan fingerprint density at radius 1 is 1.18 bits per heavy atom. The van der Waals surface area contributed by atoms with Gasteiger partial charge in [0, 0.05) is 0 Å². The number of methoxy groups -OCH3 is 1. The third-order valence-corrected chi connectivity index (χ3v) is 2.27. The van der Waals surface area contributed by atoms with Crippen molar-refractivity contribution in [1.29, 1.82) is 0 Å². The first-order valence-corrected chi connectivity index (χ1v) is 5.18. The minimum atomic E-state index is 0.0754. The Balaban J connectivity index is 2.30. The van der Waals surface area contributed by atoms with Gasteiger partial charge in [-0.05, 0) is 12.1 Å². The zero-order valence-corrected chi connectivity index (χ0v) is 9.81. The molecular weight excluding hydrogens is 242 g/mol. The van der Waals surface area contributed by atoms with E-state index in [0.717, 1.165) is 0 Å². The van der Waals surface area contributed by atoms with E-state index >= 15 is 0 Å². The van der Waals surface area contributed by atoms with Crippen LogP contribution in [0.1, 0.15) is 0 Å². The topological polar surface area (TPSA) is 70.3 Å². The van der Waals surface area contributed by atoms with Gasteiger partial charge in [-0.2, -0.15) is 9.97 Å². The molecule has 5 nitrogen and oxygen atoms in total. The van der Waals surface area contributed by atoms with Crippen LogP contribution in [-0.4, -0.2) is 17.1 Å². The number of para-hydroxylation sites is 1. The van der Waals surface area contributed by atoms with Gasteiger partial charge < -0.3 is 15.2 Å². The van der Waals surface area contributed by atoms with Gasteiger partial charge in [0.1, 0.15) is 5.75 Å². The van der Waals surface area contributed by atoms with Crippen LogP contribution < -0.4 is 15.2 Å². The van der Waals surface area contributed by atoms with Crippen LogP contribution in [-0.2, 0) is 0 Å². The molecule has 0 aliphatic heterocycles. The van der Waals surface area contributed by atoms with Crippen molar-refractivity contribution >= 4 is 17.5 Å². The number of rotatable bonds is 3. The van der Waals surface area contributed by atoms with Crippen LogP contribution >= 0.6 is 11.6 Å². The van der Waals surface area contributed by atoms with E-state index in [1.54, 1.807) is 12.1 Å². The number of nitrogen functional groups attached to an aromatic ring is 1. The summed E-state index contributed by atoms with van der Waals surface area (Å²) in [6.45, 7) is 0. The molecule has 0 fully saturated rings. The van der Waals surface area contributed by atoms with Crippen LogP contribution in [0.25, 0.3) is 0 Å². The molecule has 0 saturated carbocycles. The molecule has 2 rings (SSSR count). The van der Waals surface area contributed by atoms with Crippen molar-refractivity contribution in [2.45, 2.75) is 0 Å². The quantitative estimate of drug-likeness (QED) is 0.908. The SMILES string of the molecule is COc1cc(Oc2ccccc2Cl)nc(N)n1. The molecule has 0 radical (unpaired) electrons. The summed E-state index contributed by atoms with van der Waals surface area (Å²) in [5.74, 6) is 1.18. The van der Waals surface area contributed by atoms with Crippen LogP contribution in [0.15, 0.2) is 30.3 Å². The lowest BCUT2D eigenvalue weighted by Gasteiger charge is -2.07. The maximum absolute atomic E-state index is 5.96. The minimum Gasteiger partial charge on any atom is -0.481 e. The van der Waals surface area contributed by atoms with Crippen LogP contribution in [0.5, 0.6) is 17.5 Å². The Labute approximate surface area is 103 Å². The maximum Gasteiger partial charge on any atom is 0.227 e. The van der Waals surface area contributed by atoms with Gasteiger partial charge >= 0.3 is 0 Å².